The lowest BCUT2D eigenvalue weighted by molar-refractivity contribution is 0.0686. The van der Waals surface area contributed by atoms with E-state index in [-0.39, 0.29) is 17.6 Å². The predicted molar refractivity (Wildman–Crippen MR) is 94.4 cm³/mol. The molecule has 0 aliphatic rings. The maximum atomic E-state index is 12.4. The Kier molecular flexibility index (Phi) is 3.87. The van der Waals surface area contributed by atoms with Gasteiger partial charge in [-0.15, -0.1) is 0 Å². The molecule has 1 aromatic carbocycles. The highest BCUT2D eigenvalue weighted by Gasteiger charge is 2.21. The fourth-order valence-electron chi connectivity index (χ4n) is 3.12. The van der Waals surface area contributed by atoms with Crippen molar-refractivity contribution in [3.63, 3.8) is 0 Å². The summed E-state index contributed by atoms with van der Waals surface area (Å²) >= 11 is 0. The molecule has 3 aromatic rings. The van der Waals surface area contributed by atoms with Crippen molar-refractivity contribution in [2.45, 2.75) is 20.4 Å². The van der Waals surface area contributed by atoms with Crippen molar-refractivity contribution in [2.75, 3.05) is 0 Å². The Bertz CT molecular complexity index is 1130. The number of carbonyl (C=O) groups is 1. The summed E-state index contributed by atoms with van der Waals surface area (Å²) in [5, 5.41) is 9.79. The van der Waals surface area contributed by atoms with Crippen LogP contribution in [0.2, 0.25) is 0 Å². The third-order valence-corrected chi connectivity index (χ3v) is 4.55. The first-order chi connectivity index (χ1) is 11.7. The van der Waals surface area contributed by atoms with Crippen molar-refractivity contribution in [3.05, 3.63) is 67.5 Å². The zero-order valence-electron chi connectivity index (χ0n) is 14.5. The molecule has 0 unspecified atom stereocenters. The Morgan fingerprint density at radius 3 is 2.40 bits per heavy atom. The van der Waals surface area contributed by atoms with Crippen LogP contribution in [0.3, 0.4) is 0 Å². The van der Waals surface area contributed by atoms with Crippen LogP contribution in [0.1, 0.15) is 27.2 Å². The summed E-state index contributed by atoms with van der Waals surface area (Å²) in [6.45, 7) is 4.17. The zero-order chi connectivity index (χ0) is 18.5. The molecule has 0 saturated carbocycles. The number of aromatic nitrogens is 3. The van der Waals surface area contributed by atoms with E-state index in [1.54, 1.807) is 0 Å². The van der Waals surface area contributed by atoms with Crippen molar-refractivity contribution < 1.29 is 9.90 Å². The Balaban J connectivity index is 2.39. The Morgan fingerprint density at radius 2 is 1.76 bits per heavy atom. The molecule has 0 radical (unpaired) electrons. The number of carboxylic acids is 1. The maximum absolute atomic E-state index is 12.4. The van der Waals surface area contributed by atoms with Crippen LogP contribution in [0.4, 0.5) is 0 Å². The lowest BCUT2D eigenvalue weighted by Crippen LogP contribution is -2.37. The summed E-state index contributed by atoms with van der Waals surface area (Å²) in [6, 6.07) is 7.27. The average molecular weight is 341 g/mol. The fourth-order valence-corrected chi connectivity index (χ4v) is 3.12. The van der Waals surface area contributed by atoms with Crippen LogP contribution in [0.5, 0.6) is 0 Å². The lowest BCUT2D eigenvalue weighted by atomic mass is 10.1. The zero-order valence-corrected chi connectivity index (χ0v) is 14.5. The van der Waals surface area contributed by atoms with Gasteiger partial charge in [0.05, 0.1) is 11.9 Å². The van der Waals surface area contributed by atoms with Gasteiger partial charge in [-0.25, -0.2) is 9.59 Å². The van der Waals surface area contributed by atoms with E-state index in [1.807, 2.05) is 32.0 Å². The summed E-state index contributed by atoms with van der Waals surface area (Å²) in [6.07, 6.45) is 0. The minimum absolute atomic E-state index is 0.0193. The molecule has 0 spiro atoms. The maximum Gasteiger partial charge on any atom is 0.352 e. The molecule has 7 heteroatoms. The van der Waals surface area contributed by atoms with Crippen molar-refractivity contribution in [3.8, 4) is 0 Å². The first-order valence-electron chi connectivity index (χ1n) is 7.81. The normalized spacial score (nSPS) is 11.2. The first kappa shape index (κ1) is 16.8. The summed E-state index contributed by atoms with van der Waals surface area (Å²) in [5.74, 6) is -1.14. The Labute approximate surface area is 143 Å². The number of hydrogen-bond acceptors (Lipinski definition) is 3. The fraction of sp³-hybridized carbons (Fsp3) is 0.278. The topological polar surface area (TPSA) is 86.2 Å². The molecule has 130 valence electrons. The molecular formula is C18H19N3O4. The third-order valence-electron chi connectivity index (χ3n) is 4.55. The molecule has 2 aromatic heterocycles. The van der Waals surface area contributed by atoms with Crippen molar-refractivity contribution in [1.82, 2.24) is 13.7 Å². The van der Waals surface area contributed by atoms with Crippen molar-refractivity contribution in [1.29, 1.82) is 0 Å². The molecule has 2 heterocycles. The Hall–Kier alpha value is -3.09. The monoisotopic (exact) mass is 341 g/mol. The van der Waals surface area contributed by atoms with E-state index in [0.717, 1.165) is 21.3 Å². The van der Waals surface area contributed by atoms with Crippen molar-refractivity contribution in [2.24, 2.45) is 14.1 Å². The molecule has 1 N–H and O–H groups in total. The number of rotatable bonds is 3. The van der Waals surface area contributed by atoms with Gasteiger partial charge in [-0.05, 0) is 31.0 Å². The van der Waals surface area contributed by atoms with Gasteiger partial charge in [-0.3, -0.25) is 13.9 Å². The van der Waals surface area contributed by atoms with Crippen LogP contribution >= 0.6 is 0 Å². The molecular weight excluding hydrogens is 322 g/mol. The average Bonchev–Trinajstić information content (AvgIpc) is 2.94. The number of benzene rings is 1. The molecule has 0 aliphatic carbocycles. The largest absolute Gasteiger partial charge is 0.477 e. The van der Waals surface area contributed by atoms with E-state index in [9.17, 15) is 19.5 Å². The summed E-state index contributed by atoms with van der Waals surface area (Å²) in [5.41, 5.74) is 2.31. The van der Waals surface area contributed by atoms with Gasteiger partial charge in [-0.2, -0.15) is 0 Å². The van der Waals surface area contributed by atoms with Gasteiger partial charge >= 0.3 is 11.7 Å². The van der Waals surface area contributed by atoms with Gasteiger partial charge in [-0.1, -0.05) is 23.8 Å². The van der Waals surface area contributed by atoms with E-state index in [1.165, 1.54) is 29.3 Å². The number of fused-ring (bicyclic) bond motifs is 1. The van der Waals surface area contributed by atoms with Crippen LogP contribution in [-0.4, -0.2) is 24.8 Å². The highest BCUT2D eigenvalue weighted by molar-refractivity contribution is 5.93. The van der Waals surface area contributed by atoms with Gasteiger partial charge in [0.25, 0.3) is 5.56 Å². The molecule has 0 fully saturated rings. The van der Waals surface area contributed by atoms with Crippen LogP contribution in [-0.2, 0) is 20.6 Å². The molecule has 0 bridgehead atoms. The third kappa shape index (κ3) is 2.57. The van der Waals surface area contributed by atoms with Gasteiger partial charge in [0.15, 0.2) is 0 Å². The van der Waals surface area contributed by atoms with E-state index in [0.29, 0.717) is 5.65 Å². The second kappa shape index (κ2) is 5.77. The molecule has 7 nitrogen and oxygen atoms in total. The van der Waals surface area contributed by atoms with Crippen LogP contribution in [0.25, 0.3) is 11.0 Å². The minimum Gasteiger partial charge on any atom is -0.477 e. The van der Waals surface area contributed by atoms with Gasteiger partial charge in [0, 0.05) is 14.1 Å². The number of nitrogens with zero attached hydrogens (tertiary/aromatic N) is 3. The molecule has 0 amide bonds. The second-order valence-electron chi connectivity index (χ2n) is 6.29. The highest BCUT2D eigenvalue weighted by Crippen LogP contribution is 2.20. The van der Waals surface area contributed by atoms with Gasteiger partial charge < -0.3 is 9.67 Å². The van der Waals surface area contributed by atoms with E-state index in [4.69, 9.17) is 0 Å². The molecule has 0 atom stereocenters. The molecule has 3 rings (SSSR count). The standard InChI is InChI=1S/C18H19N3O4/c1-10-5-6-11(2)12(7-10)9-21-14(17(23)24)8-13-15(21)19(3)18(25)20(4)16(13)22/h5-8H,9H2,1-4H3,(H,23,24). The van der Waals surface area contributed by atoms with Gasteiger partial charge in [0.1, 0.15) is 11.3 Å². The highest BCUT2D eigenvalue weighted by atomic mass is 16.4. The van der Waals surface area contributed by atoms with Crippen LogP contribution < -0.4 is 11.2 Å². The molecule has 0 aliphatic heterocycles. The van der Waals surface area contributed by atoms with Crippen molar-refractivity contribution >= 4 is 17.0 Å². The lowest BCUT2D eigenvalue weighted by Gasteiger charge is -2.14. The molecule has 25 heavy (non-hydrogen) atoms. The second-order valence-corrected chi connectivity index (χ2v) is 6.29. The SMILES string of the molecule is Cc1ccc(C)c(Cn2c(C(=O)O)cc3c(=O)n(C)c(=O)n(C)c32)c1. The predicted octanol–water partition coefficient (Wildman–Crippen LogP) is 1.40. The summed E-state index contributed by atoms with van der Waals surface area (Å²) < 4.78 is 3.81. The number of aromatic carboxylic acids is 1. The Morgan fingerprint density at radius 1 is 1.08 bits per heavy atom. The smallest absolute Gasteiger partial charge is 0.352 e. The molecule has 0 saturated heterocycles. The first-order valence-corrected chi connectivity index (χ1v) is 7.81. The van der Waals surface area contributed by atoms with E-state index < -0.39 is 17.2 Å². The quantitative estimate of drug-likeness (QED) is 0.780. The summed E-state index contributed by atoms with van der Waals surface area (Å²) in [4.78, 5) is 36.4. The van der Waals surface area contributed by atoms with Gasteiger partial charge in [0.2, 0.25) is 0 Å². The van der Waals surface area contributed by atoms with E-state index >= 15 is 0 Å². The number of aryl methyl sites for hydroxylation is 3. The number of carboxylic acid groups (broad SMARTS) is 1. The summed E-state index contributed by atoms with van der Waals surface area (Å²) in [7, 11) is 2.92. The number of hydrogen-bond donors (Lipinski definition) is 1. The van der Waals surface area contributed by atoms with E-state index in [2.05, 4.69) is 0 Å². The van der Waals surface area contributed by atoms with Crippen LogP contribution in [0, 0.1) is 13.8 Å². The van der Waals surface area contributed by atoms with Crippen LogP contribution in [0.15, 0.2) is 33.9 Å². The minimum atomic E-state index is -1.14.